The van der Waals surface area contributed by atoms with Crippen LogP contribution in [0.4, 0.5) is 0 Å². The van der Waals surface area contributed by atoms with E-state index in [-0.39, 0.29) is 37.5 Å². The zero-order valence-corrected chi connectivity index (χ0v) is 52.1. The number of carbonyl (C=O) groups excluding carboxylic acids is 3. The van der Waals surface area contributed by atoms with Gasteiger partial charge in [0, 0.05) is 19.3 Å². The molecule has 0 aliphatic carbocycles. The van der Waals surface area contributed by atoms with E-state index >= 15 is 0 Å². The highest BCUT2D eigenvalue weighted by Crippen LogP contribution is 2.17. The Bertz CT molecular complexity index is 1540. The Labute approximate surface area is 489 Å². The Morgan fingerprint density at radius 2 is 0.494 bits per heavy atom. The zero-order chi connectivity index (χ0) is 57.1. The highest BCUT2D eigenvalue weighted by Gasteiger charge is 2.19. The summed E-state index contributed by atoms with van der Waals surface area (Å²) >= 11 is 0. The Morgan fingerprint density at radius 1 is 0.266 bits per heavy atom. The molecule has 6 nitrogen and oxygen atoms in total. The first-order valence-electron chi connectivity index (χ1n) is 33.7. The van der Waals surface area contributed by atoms with Crippen molar-refractivity contribution in [3.05, 3.63) is 97.2 Å². The molecule has 6 heteroatoms. The van der Waals surface area contributed by atoms with Crippen molar-refractivity contribution in [2.75, 3.05) is 13.2 Å². The summed E-state index contributed by atoms with van der Waals surface area (Å²) < 4.78 is 16.9. The number of allylic oxidation sites excluding steroid dienone is 16. The molecule has 0 saturated carbocycles. The molecule has 1 atom stereocenters. The minimum Gasteiger partial charge on any atom is -0.462 e. The lowest BCUT2D eigenvalue weighted by molar-refractivity contribution is -0.167. The second kappa shape index (κ2) is 66.8. The Hall–Kier alpha value is -3.67. The second-order valence-electron chi connectivity index (χ2n) is 22.3. The molecule has 454 valence electrons. The van der Waals surface area contributed by atoms with Crippen molar-refractivity contribution in [1.29, 1.82) is 0 Å². The van der Waals surface area contributed by atoms with Gasteiger partial charge in [-0.3, -0.25) is 14.4 Å². The summed E-state index contributed by atoms with van der Waals surface area (Å²) in [6.45, 7) is 6.39. The first-order valence-corrected chi connectivity index (χ1v) is 33.7. The van der Waals surface area contributed by atoms with Gasteiger partial charge in [-0.1, -0.05) is 291 Å². The Balaban J connectivity index is 4.22. The smallest absolute Gasteiger partial charge is 0.306 e. The summed E-state index contributed by atoms with van der Waals surface area (Å²) in [6, 6.07) is 0. The fourth-order valence-electron chi connectivity index (χ4n) is 9.56. The van der Waals surface area contributed by atoms with E-state index in [1.807, 2.05) is 0 Å². The zero-order valence-electron chi connectivity index (χ0n) is 52.1. The maximum Gasteiger partial charge on any atom is 0.306 e. The molecule has 0 aliphatic heterocycles. The van der Waals surface area contributed by atoms with Crippen molar-refractivity contribution in [3.8, 4) is 0 Å². The summed E-state index contributed by atoms with van der Waals surface area (Å²) in [5, 5.41) is 0. The number of rotatable bonds is 61. The fraction of sp³-hybridized carbons (Fsp3) is 0.740. The maximum atomic E-state index is 12.9. The van der Waals surface area contributed by atoms with Crippen LogP contribution >= 0.6 is 0 Å². The third kappa shape index (κ3) is 65.0. The van der Waals surface area contributed by atoms with Crippen LogP contribution in [0.1, 0.15) is 329 Å². The summed E-state index contributed by atoms with van der Waals surface area (Å²) in [4.78, 5) is 38.3. The third-order valence-electron chi connectivity index (χ3n) is 14.6. The number of hydrogen-bond acceptors (Lipinski definition) is 6. The normalized spacial score (nSPS) is 12.7. The van der Waals surface area contributed by atoms with Crippen molar-refractivity contribution in [1.82, 2.24) is 0 Å². The van der Waals surface area contributed by atoms with Crippen LogP contribution in [0.15, 0.2) is 97.2 Å². The maximum absolute atomic E-state index is 12.9. The number of carbonyl (C=O) groups is 3. The average Bonchev–Trinajstić information content (AvgIpc) is 3.45. The van der Waals surface area contributed by atoms with Gasteiger partial charge in [-0.2, -0.15) is 0 Å². The molecular formula is C73H126O6. The van der Waals surface area contributed by atoms with E-state index < -0.39 is 6.10 Å². The molecule has 0 saturated heterocycles. The number of unbranched alkanes of at least 4 members (excludes halogenated alkanes) is 34. The Morgan fingerprint density at radius 3 is 0.810 bits per heavy atom. The third-order valence-corrected chi connectivity index (χ3v) is 14.6. The molecule has 0 fully saturated rings. The highest BCUT2D eigenvalue weighted by atomic mass is 16.6. The predicted molar refractivity (Wildman–Crippen MR) is 344 cm³/mol. The molecular weight excluding hydrogens is 973 g/mol. The quantitative estimate of drug-likeness (QED) is 0.0261. The van der Waals surface area contributed by atoms with Gasteiger partial charge in [0.05, 0.1) is 0 Å². The van der Waals surface area contributed by atoms with Gasteiger partial charge in [-0.25, -0.2) is 0 Å². The summed E-state index contributed by atoms with van der Waals surface area (Å²) in [5.41, 5.74) is 0. The molecule has 0 spiro atoms. The van der Waals surface area contributed by atoms with Crippen molar-refractivity contribution >= 4 is 17.9 Å². The van der Waals surface area contributed by atoms with Crippen LogP contribution in [0.2, 0.25) is 0 Å². The van der Waals surface area contributed by atoms with E-state index in [1.54, 1.807) is 0 Å². The molecule has 0 aliphatic rings. The van der Waals surface area contributed by atoms with Crippen LogP contribution in [0.5, 0.6) is 0 Å². The monoisotopic (exact) mass is 1100 g/mol. The molecule has 0 aromatic carbocycles. The second-order valence-corrected chi connectivity index (χ2v) is 22.3. The van der Waals surface area contributed by atoms with Gasteiger partial charge >= 0.3 is 17.9 Å². The van der Waals surface area contributed by atoms with Crippen molar-refractivity contribution in [2.24, 2.45) is 0 Å². The van der Waals surface area contributed by atoms with Gasteiger partial charge in [0.25, 0.3) is 0 Å². The van der Waals surface area contributed by atoms with E-state index in [1.165, 1.54) is 167 Å². The topological polar surface area (TPSA) is 78.9 Å². The minimum absolute atomic E-state index is 0.0983. The van der Waals surface area contributed by atoms with E-state index in [2.05, 4.69) is 118 Å². The summed E-state index contributed by atoms with van der Waals surface area (Å²) in [7, 11) is 0. The molecule has 1 unspecified atom stereocenters. The van der Waals surface area contributed by atoms with Crippen molar-refractivity contribution < 1.29 is 28.6 Å². The molecule has 0 N–H and O–H groups in total. The largest absolute Gasteiger partial charge is 0.462 e. The number of hydrogen-bond donors (Lipinski definition) is 0. The number of esters is 3. The molecule has 0 aromatic rings. The van der Waals surface area contributed by atoms with Gasteiger partial charge in [-0.05, 0) is 116 Å². The van der Waals surface area contributed by atoms with Crippen LogP contribution in [-0.4, -0.2) is 37.2 Å². The van der Waals surface area contributed by atoms with Gasteiger partial charge in [0.1, 0.15) is 13.2 Å². The SMILES string of the molecule is CC/C=C\C/C=C\C/C=C\C/C=C\CCCCC(=O)OC(COC(=O)CCCCCCC/C=C\C/C=C\C/C=C\CC)COC(=O)CCCCCCCCCCCCCCCCCCCCC/C=C\CCCCCCCCCC. The van der Waals surface area contributed by atoms with Gasteiger partial charge in [0.15, 0.2) is 6.10 Å². The highest BCUT2D eigenvalue weighted by molar-refractivity contribution is 5.71. The van der Waals surface area contributed by atoms with Crippen molar-refractivity contribution in [2.45, 2.75) is 335 Å². The van der Waals surface area contributed by atoms with Gasteiger partial charge < -0.3 is 14.2 Å². The average molecular weight is 1100 g/mol. The minimum atomic E-state index is -0.807. The molecule has 0 bridgehead atoms. The lowest BCUT2D eigenvalue weighted by atomic mass is 10.0. The molecule has 0 amide bonds. The van der Waals surface area contributed by atoms with E-state index in [9.17, 15) is 14.4 Å². The van der Waals surface area contributed by atoms with Crippen LogP contribution in [0, 0.1) is 0 Å². The van der Waals surface area contributed by atoms with E-state index in [0.717, 1.165) is 116 Å². The van der Waals surface area contributed by atoms with Crippen LogP contribution in [0.25, 0.3) is 0 Å². The first-order chi connectivity index (χ1) is 39.0. The predicted octanol–water partition coefficient (Wildman–Crippen LogP) is 23.2. The molecule has 79 heavy (non-hydrogen) atoms. The summed E-state index contributed by atoms with van der Waals surface area (Å²) in [6.07, 6.45) is 90.2. The summed E-state index contributed by atoms with van der Waals surface area (Å²) in [5.74, 6) is -0.948. The van der Waals surface area contributed by atoms with E-state index in [0.29, 0.717) is 19.3 Å². The van der Waals surface area contributed by atoms with Crippen LogP contribution in [-0.2, 0) is 28.6 Å². The van der Waals surface area contributed by atoms with Crippen LogP contribution < -0.4 is 0 Å². The molecule has 0 radical (unpaired) electrons. The standard InChI is InChI=1S/C73H126O6/c1-4-7-10-13-16-19-22-25-28-29-30-31-32-33-34-35-36-37-38-39-40-41-42-43-46-48-51-54-57-60-63-66-72(75)78-69-70(79-73(76)67-64-61-58-55-52-49-45-27-24-21-18-15-12-9-6-3)68-77-71(74)65-62-59-56-53-50-47-44-26-23-20-17-14-11-8-5-2/h8-9,11-12,17-18,20-21,26-27,29-30,44-45,52,55,70H,4-7,10,13-16,19,22-25,28,31-43,46-51,53-54,56-69H2,1-3H3/b11-8-,12-9-,20-17-,21-18-,30-29-,44-26-,45-27-,55-52-. The molecule has 0 heterocycles. The lowest BCUT2D eigenvalue weighted by Crippen LogP contribution is -2.30. The molecule has 0 rings (SSSR count). The molecule has 0 aromatic heterocycles. The van der Waals surface area contributed by atoms with Crippen LogP contribution in [0.3, 0.4) is 0 Å². The van der Waals surface area contributed by atoms with Gasteiger partial charge in [-0.15, -0.1) is 0 Å². The lowest BCUT2D eigenvalue weighted by Gasteiger charge is -2.18. The Kier molecular flexibility index (Phi) is 63.7. The van der Waals surface area contributed by atoms with Crippen molar-refractivity contribution in [3.63, 3.8) is 0 Å². The number of ether oxygens (including phenoxy) is 3. The van der Waals surface area contributed by atoms with E-state index in [4.69, 9.17) is 14.2 Å². The first kappa shape index (κ1) is 75.3. The van der Waals surface area contributed by atoms with Gasteiger partial charge in [0.2, 0.25) is 0 Å². The fourth-order valence-corrected chi connectivity index (χ4v) is 9.56.